The van der Waals surface area contributed by atoms with Gasteiger partial charge in [-0.1, -0.05) is 18.2 Å². The molecule has 3 aromatic rings. The first-order valence-electron chi connectivity index (χ1n) is 6.05. The third-order valence-electron chi connectivity index (χ3n) is 2.87. The molecule has 0 spiro atoms. The predicted octanol–water partition coefficient (Wildman–Crippen LogP) is 2.40. The third-order valence-corrected chi connectivity index (χ3v) is 2.87. The van der Waals surface area contributed by atoms with Crippen molar-refractivity contribution in [3.63, 3.8) is 0 Å². The van der Waals surface area contributed by atoms with E-state index < -0.39 is 10.7 Å². The molecule has 0 N–H and O–H groups in total. The summed E-state index contributed by atoms with van der Waals surface area (Å²) >= 11 is 0. The molecule has 0 aliphatic carbocycles. The first kappa shape index (κ1) is 12.8. The number of aromatic nitrogens is 2. The standard InChI is InChI=1S/C14H9N3O4/c18-14-16(11-6-8-12(9-7-11)17(19)20)15-13(21-14)10-4-2-1-3-5-10/h1-9H. The van der Waals surface area contributed by atoms with E-state index in [2.05, 4.69) is 5.10 Å². The van der Waals surface area contributed by atoms with Gasteiger partial charge in [0.05, 0.1) is 10.6 Å². The Bertz CT molecular complexity index is 835. The van der Waals surface area contributed by atoms with Crippen LogP contribution in [0.2, 0.25) is 0 Å². The molecule has 0 radical (unpaired) electrons. The molecule has 0 saturated carbocycles. The number of benzene rings is 2. The fraction of sp³-hybridized carbons (Fsp3) is 0. The molecule has 3 rings (SSSR count). The molecule has 0 unspecified atom stereocenters. The van der Waals surface area contributed by atoms with Crippen LogP contribution in [0.3, 0.4) is 0 Å². The molecule has 1 heterocycles. The van der Waals surface area contributed by atoms with Crippen molar-refractivity contribution < 1.29 is 9.34 Å². The van der Waals surface area contributed by atoms with Gasteiger partial charge >= 0.3 is 5.76 Å². The summed E-state index contributed by atoms with van der Waals surface area (Å²) in [5, 5.41) is 14.7. The quantitative estimate of drug-likeness (QED) is 0.543. The molecule has 0 fully saturated rings. The minimum Gasteiger partial charge on any atom is -0.387 e. The smallest absolute Gasteiger partial charge is 0.387 e. The van der Waals surface area contributed by atoms with Gasteiger partial charge in [0, 0.05) is 17.7 Å². The molecule has 2 aromatic carbocycles. The zero-order valence-electron chi connectivity index (χ0n) is 10.7. The number of non-ortho nitro benzene ring substituents is 1. The van der Waals surface area contributed by atoms with Crippen LogP contribution in [0.1, 0.15) is 0 Å². The zero-order chi connectivity index (χ0) is 14.8. The second-order valence-electron chi connectivity index (χ2n) is 4.22. The lowest BCUT2D eigenvalue weighted by atomic mass is 10.2. The highest BCUT2D eigenvalue weighted by Gasteiger charge is 2.12. The average Bonchev–Trinajstić information content (AvgIpc) is 2.90. The van der Waals surface area contributed by atoms with Gasteiger partial charge in [0.25, 0.3) is 5.69 Å². The first-order chi connectivity index (χ1) is 10.1. The summed E-state index contributed by atoms with van der Waals surface area (Å²) in [6.07, 6.45) is 0. The van der Waals surface area contributed by atoms with Gasteiger partial charge in [0.1, 0.15) is 0 Å². The third kappa shape index (κ3) is 2.44. The van der Waals surface area contributed by atoms with Crippen LogP contribution in [0, 0.1) is 10.1 Å². The Morgan fingerprint density at radius 2 is 1.71 bits per heavy atom. The van der Waals surface area contributed by atoms with E-state index in [1.807, 2.05) is 6.07 Å². The minimum absolute atomic E-state index is 0.0569. The van der Waals surface area contributed by atoms with Crippen molar-refractivity contribution in [3.05, 3.63) is 75.3 Å². The SMILES string of the molecule is O=c1oc(-c2ccccc2)nn1-c1ccc([N+](=O)[O-])cc1. The van der Waals surface area contributed by atoms with Crippen LogP contribution in [0.15, 0.2) is 63.8 Å². The summed E-state index contributed by atoms with van der Waals surface area (Å²) < 4.78 is 6.16. The fourth-order valence-corrected chi connectivity index (χ4v) is 1.85. The Morgan fingerprint density at radius 3 is 2.33 bits per heavy atom. The molecule has 1 aromatic heterocycles. The van der Waals surface area contributed by atoms with E-state index in [1.54, 1.807) is 24.3 Å². The summed E-state index contributed by atoms with van der Waals surface area (Å²) in [6, 6.07) is 14.5. The van der Waals surface area contributed by atoms with Gasteiger partial charge in [-0.05, 0) is 24.3 Å². The number of hydrogen-bond acceptors (Lipinski definition) is 5. The van der Waals surface area contributed by atoms with E-state index in [0.29, 0.717) is 11.3 Å². The molecule has 104 valence electrons. The Hall–Kier alpha value is -3.22. The fourth-order valence-electron chi connectivity index (χ4n) is 1.85. The number of nitro benzene ring substituents is 1. The van der Waals surface area contributed by atoms with Gasteiger partial charge in [-0.3, -0.25) is 10.1 Å². The van der Waals surface area contributed by atoms with Crippen LogP contribution in [-0.4, -0.2) is 14.7 Å². The molecule has 7 nitrogen and oxygen atoms in total. The molecule has 0 atom stereocenters. The van der Waals surface area contributed by atoms with Crippen molar-refractivity contribution in [1.82, 2.24) is 9.78 Å². The Balaban J connectivity index is 2.02. The lowest BCUT2D eigenvalue weighted by Gasteiger charge is -1.97. The van der Waals surface area contributed by atoms with E-state index >= 15 is 0 Å². The van der Waals surface area contributed by atoms with Crippen LogP contribution in [0.25, 0.3) is 17.1 Å². The van der Waals surface area contributed by atoms with Crippen molar-refractivity contribution in [2.24, 2.45) is 0 Å². The van der Waals surface area contributed by atoms with Crippen LogP contribution in [-0.2, 0) is 0 Å². The molecular weight excluding hydrogens is 274 g/mol. The van der Waals surface area contributed by atoms with Crippen molar-refractivity contribution >= 4 is 5.69 Å². The summed E-state index contributed by atoms with van der Waals surface area (Å²) in [7, 11) is 0. The number of nitro groups is 1. The number of hydrogen-bond donors (Lipinski definition) is 0. The topological polar surface area (TPSA) is 91.2 Å². The average molecular weight is 283 g/mol. The Morgan fingerprint density at radius 1 is 1.05 bits per heavy atom. The van der Waals surface area contributed by atoms with E-state index in [-0.39, 0.29) is 11.6 Å². The van der Waals surface area contributed by atoms with Crippen LogP contribution in [0.4, 0.5) is 5.69 Å². The van der Waals surface area contributed by atoms with E-state index in [0.717, 1.165) is 4.68 Å². The van der Waals surface area contributed by atoms with Crippen LogP contribution < -0.4 is 5.76 Å². The maximum Gasteiger partial charge on any atom is 0.442 e. The second kappa shape index (κ2) is 5.04. The molecule has 7 heteroatoms. The van der Waals surface area contributed by atoms with E-state index in [4.69, 9.17) is 4.42 Å². The first-order valence-corrected chi connectivity index (χ1v) is 6.05. The van der Waals surface area contributed by atoms with Gasteiger partial charge in [-0.2, -0.15) is 4.68 Å². The predicted molar refractivity (Wildman–Crippen MR) is 74.2 cm³/mol. The molecule has 0 bridgehead atoms. The lowest BCUT2D eigenvalue weighted by Crippen LogP contribution is -2.13. The Labute approximate surface area is 118 Å². The number of nitrogens with zero attached hydrogens (tertiary/aromatic N) is 3. The molecule has 0 aliphatic heterocycles. The van der Waals surface area contributed by atoms with Crippen LogP contribution >= 0.6 is 0 Å². The molecular formula is C14H9N3O4. The van der Waals surface area contributed by atoms with Gasteiger partial charge in [0.15, 0.2) is 0 Å². The second-order valence-corrected chi connectivity index (χ2v) is 4.22. The normalized spacial score (nSPS) is 10.5. The van der Waals surface area contributed by atoms with Crippen LogP contribution in [0.5, 0.6) is 0 Å². The van der Waals surface area contributed by atoms with Gasteiger partial charge in [-0.15, -0.1) is 5.10 Å². The summed E-state index contributed by atoms with van der Waals surface area (Å²) in [4.78, 5) is 21.9. The maximum atomic E-state index is 11.8. The largest absolute Gasteiger partial charge is 0.442 e. The van der Waals surface area contributed by atoms with Crippen molar-refractivity contribution in [2.75, 3.05) is 0 Å². The van der Waals surface area contributed by atoms with Crippen molar-refractivity contribution in [1.29, 1.82) is 0 Å². The van der Waals surface area contributed by atoms with Gasteiger partial charge in [0.2, 0.25) is 5.89 Å². The Kier molecular flexibility index (Phi) is 3.07. The van der Waals surface area contributed by atoms with Crippen molar-refractivity contribution in [2.45, 2.75) is 0 Å². The highest BCUT2D eigenvalue weighted by molar-refractivity contribution is 5.52. The van der Waals surface area contributed by atoms with E-state index in [1.165, 1.54) is 24.3 Å². The monoisotopic (exact) mass is 283 g/mol. The summed E-state index contributed by atoms with van der Waals surface area (Å²) in [5.74, 6) is -0.457. The molecule has 0 aliphatic rings. The molecule has 0 amide bonds. The lowest BCUT2D eigenvalue weighted by molar-refractivity contribution is -0.384. The highest BCUT2D eigenvalue weighted by Crippen LogP contribution is 2.17. The zero-order valence-corrected chi connectivity index (χ0v) is 10.7. The van der Waals surface area contributed by atoms with E-state index in [9.17, 15) is 14.9 Å². The van der Waals surface area contributed by atoms with Crippen molar-refractivity contribution in [3.8, 4) is 17.1 Å². The highest BCUT2D eigenvalue weighted by atomic mass is 16.6. The van der Waals surface area contributed by atoms with Gasteiger partial charge in [-0.25, -0.2) is 4.79 Å². The minimum atomic E-state index is -0.650. The molecule has 0 saturated heterocycles. The summed E-state index contributed by atoms with van der Waals surface area (Å²) in [5.41, 5.74) is 1.02. The summed E-state index contributed by atoms with van der Waals surface area (Å²) in [6.45, 7) is 0. The van der Waals surface area contributed by atoms with Gasteiger partial charge < -0.3 is 4.42 Å². The number of rotatable bonds is 3. The maximum absolute atomic E-state index is 11.8. The molecule has 21 heavy (non-hydrogen) atoms.